The number of fused-ring (bicyclic) bond motifs is 2. The van der Waals surface area contributed by atoms with Gasteiger partial charge in [-0.1, -0.05) is 22.3 Å². The first-order valence-corrected chi connectivity index (χ1v) is 23.7. The summed E-state index contributed by atoms with van der Waals surface area (Å²) < 4.78 is 11.2. The number of aliphatic hydroxyl groups is 3. The van der Waals surface area contributed by atoms with E-state index in [1.165, 1.54) is 4.90 Å². The number of carbonyl (C=O) groups excluding carboxylic acids is 2. The smallest absolute Gasteiger partial charge is 0.416 e. The second-order valence-corrected chi connectivity index (χ2v) is 15.7. The van der Waals surface area contributed by atoms with Crippen LogP contribution in [0.5, 0.6) is 0 Å². The largest absolute Gasteiger partial charge is 0.454 e. The van der Waals surface area contributed by atoms with Crippen molar-refractivity contribution in [1.82, 2.24) is 30.2 Å². The summed E-state index contributed by atoms with van der Waals surface area (Å²) in [5, 5.41) is 60.5. The van der Waals surface area contributed by atoms with Crippen LogP contribution in [0.3, 0.4) is 0 Å². The van der Waals surface area contributed by atoms with Crippen LogP contribution in [0.15, 0.2) is 68.0 Å². The summed E-state index contributed by atoms with van der Waals surface area (Å²) in [4.78, 5) is 90.7. The van der Waals surface area contributed by atoms with Gasteiger partial charge in [-0.2, -0.15) is 0 Å². The van der Waals surface area contributed by atoms with Gasteiger partial charge >= 0.3 is 11.5 Å². The van der Waals surface area contributed by atoms with Crippen LogP contribution in [0, 0.1) is 30.3 Å². The molecule has 0 fully saturated rings. The fourth-order valence-electron chi connectivity index (χ4n) is 5.31. The number of benzene rings is 2. The number of ether oxygens (including phenoxy) is 2. The fourth-order valence-corrected chi connectivity index (χ4v) is 6.46. The Morgan fingerprint density at radius 3 is 1.49 bits per heavy atom. The molecule has 2 aliphatic heterocycles. The predicted molar refractivity (Wildman–Crippen MR) is 287 cm³/mol. The first-order chi connectivity index (χ1) is 34.7. The molecule has 0 unspecified atom stereocenters. The Bertz CT molecular complexity index is 2340. The van der Waals surface area contributed by atoms with E-state index >= 15 is 0 Å². The number of unbranched alkanes of at least 4 members (excludes halogenated alkanes) is 4. The van der Waals surface area contributed by atoms with Crippen molar-refractivity contribution in [2.24, 2.45) is 9.98 Å². The Labute approximate surface area is 454 Å². The monoisotopic (exact) mass is 1210 g/mol. The molecule has 0 spiro atoms. The van der Waals surface area contributed by atoms with Crippen LogP contribution in [0.4, 0.5) is 21.0 Å². The third-order valence-electron chi connectivity index (χ3n) is 8.62. The number of aliphatic hydroxyl groups excluding tert-OH is 3. The van der Waals surface area contributed by atoms with Crippen molar-refractivity contribution in [1.29, 1.82) is 0 Å². The predicted octanol–water partition coefficient (Wildman–Crippen LogP) is 7.34. The van der Waals surface area contributed by atoms with Gasteiger partial charge in [-0.25, -0.2) is 14.5 Å². The SMILES string of the molecule is Brc1c(NC2=NCCN2)ccc2nccnc12.C.C.C.O=C(Cl)OCCCCO[N+](=O)[O-].O=C(OCCCCO[N+](=O)[O-])N1CCN=C1Nc1ccc2nccnc2c1Br.O=[N+]([O-])OCCCCO.OCCCCO. The third-order valence-corrected chi connectivity index (χ3v) is 10.3. The van der Waals surface area contributed by atoms with Crippen LogP contribution in [-0.4, -0.2) is 158 Å². The lowest BCUT2D eigenvalue weighted by Gasteiger charge is -2.19. The number of carbonyl (C=O) groups is 2. The van der Waals surface area contributed by atoms with E-state index in [9.17, 15) is 39.9 Å². The highest BCUT2D eigenvalue weighted by Crippen LogP contribution is 2.30. The lowest BCUT2D eigenvalue weighted by Crippen LogP contribution is -2.39. The molecule has 1 amide bonds. The topological polar surface area (TPSA) is 386 Å². The molecule has 75 heavy (non-hydrogen) atoms. The molecule has 6 rings (SSSR count). The zero-order valence-corrected chi connectivity index (χ0v) is 42.4. The van der Waals surface area contributed by atoms with Crippen LogP contribution >= 0.6 is 43.5 Å². The summed E-state index contributed by atoms with van der Waals surface area (Å²) >= 11 is 11.9. The summed E-state index contributed by atoms with van der Waals surface area (Å²) in [6, 6.07) is 7.54. The molecule has 32 heteroatoms. The Balaban J connectivity index is 0. The summed E-state index contributed by atoms with van der Waals surface area (Å²) in [5.41, 5.74) is 3.91. The molecule has 29 nitrogen and oxygen atoms in total. The van der Waals surface area contributed by atoms with E-state index in [4.69, 9.17) is 31.7 Å². The van der Waals surface area contributed by atoms with Gasteiger partial charge in [0.1, 0.15) is 11.0 Å². The van der Waals surface area contributed by atoms with Crippen molar-refractivity contribution < 1.29 is 64.2 Å². The Kier molecular flexibility index (Phi) is 40.0. The number of guanidine groups is 2. The minimum atomic E-state index is -0.870. The molecule has 6 N–H and O–H groups in total. The summed E-state index contributed by atoms with van der Waals surface area (Å²) in [6.45, 7) is 3.35. The van der Waals surface area contributed by atoms with Crippen molar-refractivity contribution in [3.63, 3.8) is 0 Å². The molecule has 0 atom stereocenters. The van der Waals surface area contributed by atoms with Gasteiger partial charge in [0.25, 0.3) is 15.3 Å². The Morgan fingerprint density at radius 1 is 0.627 bits per heavy atom. The minimum absolute atomic E-state index is 0. The van der Waals surface area contributed by atoms with Gasteiger partial charge in [0.15, 0.2) is 5.96 Å². The van der Waals surface area contributed by atoms with Crippen molar-refractivity contribution >= 4 is 100 Å². The number of nitrogens with zero attached hydrogens (tertiary/aromatic N) is 10. The Morgan fingerprint density at radius 2 is 1.05 bits per heavy atom. The van der Waals surface area contributed by atoms with Gasteiger partial charge in [0.2, 0.25) is 5.96 Å². The average Bonchev–Trinajstić information content (AvgIpc) is 4.07. The molecule has 0 saturated heterocycles. The zero-order chi connectivity index (χ0) is 52.9. The van der Waals surface area contributed by atoms with Crippen molar-refractivity contribution in [3.05, 3.63) is 88.3 Å². The van der Waals surface area contributed by atoms with Gasteiger partial charge in [0.05, 0.1) is 84.0 Å². The number of hydrogen-bond acceptors (Lipinski definition) is 25. The second kappa shape index (κ2) is 42.7. The summed E-state index contributed by atoms with van der Waals surface area (Å²) in [5.74, 6) is 1.18. The first-order valence-electron chi connectivity index (χ1n) is 21.8. The molecule has 0 bridgehead atoms. The van der Waals surface area contributed by atoms with Gasteiger partial charge in [-0.05, 0) is 107 Å². The number of nitrogens with one attached hydrogen (secondary N) is 3. The van der Waals surface area contributed by atoms with Crippen molar-refractivity contribution in [2.45, 2.75) is 73.6 Å². The lowest BCUT2D eigenvalue weighted by molar-refractivity contribution is -0.757. The molecule has 420 valence electrons. The van der Waals surface area contributed by atoms with Crippen LogP contribution in [0.25, 0.3) is 22.1 Å². The van der Waals surface area contributed by atoms with Crippen molar-refractivity contribution in [3.8, 4) is 0 Å². The number of aromatic nitrogens is 4. The molecule has 0 radical (unpaired) electrons. The highest BCUT2D eigenvalue weighted by atomic mass is 79.9. The molecule has 4 heterocycles. The highest BCUT2D eigenvalue weighted by molar-refractivity contribution is 9.11. The van der Waals surface area contributed by atoms with Gasteiger partial charge in [0, 0.05) is 62.8 Å². The van der Waals surface area contributed by atoms with Crippen LogP contribution < -0.4 is 16.0 Å². The maximum absolute atomic E-state index is 12.3. The Hall–Kier alpha value is -6.67. The van der Waals surface area contributed by atoms with Crippen LogP contribution in [0.1, 0.15) is 73.6 Å². The molecular formula is C43H66Br2ClN13O16. The second-order valence-electron chi connectivity index (χ2n) is 13.8. The average molecular weight is 1220 g/mol. The lowest BCUT2D eigenvalue weighted by atomic mass is 10.2. The van der Waals surface area contributed by atoms with E-state index in [1.54, 1.807) is 24.8 Å². The van der Waals surface area contributed by atoms with Crippen LogP contribution in [0.2, 0.25) is 0 Å². The van der Waals surface area contributed by atoms with Gasteiger partial charge in [-0.15, -0.1) is 30.3 Å². The van der Waals surface area contributed by atoms with E-state index < -0.39 is 26.8 Å². The molecule has 2 aliphatic rings. The molecular weight excluding hydrogens is 1150 g/mol. The standard InChI is InChI=1S/C16H17BrN6O5.C11H10BrN5.C5H8ClNO5.C4H9NO4.C4H10O2.3CH4/c17-13-11(3-4-12-14(13)19-6-5-18-12)21-15-20-7-8-22(15)16(24)27-9-1-2-10-28-23(25)26;12-9-7(17-11-15-5-6-16-11)1-2-8-10(9)14-4-3-13-8;6-5(8)11-3-1-2-4-12-7(9)10;6-3-1-2-4-9-5(7)8;5-3-1-2-4-6;;;/h3-6H,1-2,7-10H2,(H,20,21);1-4H,5-6H2,(H2,15,16,17);1-4H2;6H,1-4H2;5-6H,1-4H2;3*1H4. The number of amides is 1. The van der Waals surface area contributed by atoms with Crippen LogP contribution in [-0.2, 0) is 24.0 Å². The maximum atomic E-state index is 12.3. The highest BCUT2D eigenvalue weighted by Gasteiger charge is 2.26. The van der Waals surface area contributed by atoms with Gasteiger partial charge in [-0.3, -0.25) is 29.9 Å². The summed E-state index contributed by atoms with van der Waals surface area (Å²) in [7, 11) is 0. The van der Waals surface area contributed by atoms with Crippen molar-refractivity contribution in [2.75, 3.05) is 89.7 Å². The molecule has 2 aromatic heterocycles. The fraction of sp³-hybridized carbons (Fsp3) is 0.535. The molecule has 0 saturated carbocycles. The number of halogens is 3. The van der Waals surface area contributed by atoms with E-state index in [2.05, 4.69) is 97.0 Å². The quantitative estimate of drug-likeness (QED) is 0.0194. The molecule has 2 aromatic carbocycles. The van der Waals surface area contributed by atoms with E-state index in [0.29, 0.717) is 73.3 Å². The zero-order valence-electron chi connectivity index (χ0n) is 38.5. The number of hydrogen-bond donors (Lipinski definition) is 6. The first kappa shape index (κ1) is 70.4. The maximum Gasteiger partial charge on any atom is 0.416 e. The van der Waals surface area contributed by atoms with E-state index in [1.807, 2.05) is 24.3 Å². The van der Waals surface area contributed by atoms with E-state index in [0.717, 1.165) is 58.6 Å². The number of rotatable bonds is 22. The number of anilines is 2. The van der Waals surface area contributed by atoms with E-state index in [-0.39, 0.29) is 75.1 Å². The number of aliphatic imine (C=N–C) groups is 2. The summed E-state index contributed by atoms with van der Waals surface area (Å²) in [6.07, 6.45) is 10.4. The van der Waals surface area contributed by atoms with Gasteiger partial charge < -0.3 is 55.3 Å². The molecule has 4 aromatic rings. The normalized spacial score (nSPS) is 11.5. The third kappa shape index (κ3) is 30.3. The minimum Gasteiger partial charge on any atom is -0.454 e. The molecule has 0 aliphatic carbocycles.